The molecule has 2 aliphatic rings. The minimum absolute atomic E-state index is 0.0592. The van der Waals surface area contributed by atoms with Crippen LogP contribution in [0.3, 0.4) is 0 Å². The summed E-state index contributed by atoms with van der Waals surface area (Å²) in [5.41, 5.74) is 0.901. The van der Waals surface area contributed by atoms with E-state index in [0.717, 1.165) is 37.9 Å². The van der Waals surface area contributed by atoms with Gasteiger partial charge in [0.15, 0.2) is 0 Å². The van der Waals surface area contributed by atoms with Crippen LogP contribution in [0, 0.1) is 17.7 Å². The van der Waals surface area contributed by atoms with Gasteiger partial charge in [-0.05, 0) is 62.4 Å². The fourth-order valence-electron chi connectivity index (χ4n) is 3.53. The van der Waals surface area contributed by atoms with Crippen LogP contribution in [-0.4, -0.2) is 36.3 Å². The highest BCUT2D eigenvalue weighted by Gasteiger charge is 2.38. The van der Waals surface area contributed by atoms with E-state index in [1.54, 1.807) is 12.1 Å². The molecular weight excluding hydrogens is 295 g/mol. The van der Waals surface area contributed by atoms with Crippen molar-refractivity contribution in [2.75, 3.05) is 19.6 Å². The molecule has 2 amide bonds. The summed E-state index contributed by atoms with van der Waals surface area (Å²) in [5, 5.41) is 3.32. The summed E-state index contributed by atoms with van der Waals surface area (Å²) < 4.78 is 12.9. The van der Waals surface area contributed by atoms with Gasteiger partial charge in [-0.25, -0.2) is 4.39 Å². The first-order valence-corrected chi connectivity index (χ1v) is 8.43. The van der Waals surface area contributed by atoms with E-state index >= 15 is 0 Å². The van der Waals surface area contributed by atoms with Crippen molar-refractivity contribution in [1.29, 1.82) is 0 Å². The Bertz CT molecular complexity index is 567. The first kappa shape index (κ1) is 16.1. The molecule has 1 N–H and O–H groups in total. The van der Waals surface area contributed by atoms with Gasteiger partial charge in [-0.3, -0.25) is 14.5 Å². The molecule has 4 nitrogen and oxygen atoms in total. The van der Waals surface area contributed by atoms with Crippen molar-refractivity contribution in [1.82, 2.24) is 10.2 Å². The number of hydrogen-bond donors (Lipinski definition) is 1. The van der Waals surface area contributed by atoms with E-state index in [9.17, 15) is 14.0 Å². The molecule has 124 valence electrons. The Kier molecular flexibility index (Phi) is 5.06. The number of nitrogens with zero attached hydrogens (tertiary/aromatic N) is 1. The average molecular weight is 318 g/mol. The number of halogens is 1. The SMILES string of the molecule is O=C1CC(Cc2ccc(F)cc2)C(=O)N1CCC1CCNCC1. The third-order valence-electron chi connectivity index (χ3n) is 4.95. The van der Waals surface area contributed by atoms with Crippen LogP contribution in [0.15, 0.2) is 24.3 Å². The van der Waals surface area contributed by atoms with Gasteiger partial charge in [0.1, 0.15) is 5.82 Å². The van der Waals surface area contributed by atoms with Gasteiger partial charge < -0.3 is 5.32 Å². The molecule has 1 atom stereocenters. The molecule has 2 saturated heterocycles. The van der Waals surface area contributed by atoms with Crippen molar-refractivity contribution >= 4 is 11.8 Å². The lowest BCUT2D eigenvalue weighted by Gasteiger charge is -2.24. The first-order chi connectivity index (χ1) is 11.1. The molecule has 23 heavy (non-hydrogen) atoms. The molecule has 0 aliphatic carbocycles. The number of imide groups is 1. The minimum Gasteiger partial charge on any atom is -0.317 e. The van der Waals surface area contributed by atoms with Crippen LogP contribution in [0.25, 0.3) is 0 Å². The largest absolute Gasteiger partial charge is 0.317 e. The molecule has 2 aliphatic heterocycles. The fraction of sp³-hybridized carbons (Fsp3) is 0.556. The van der Waals surface area contributed by atoms with E-state index in [1.165, 1.54) is 17.0 Å². The Morgan fingerprint density at radius 1 is 1.13 bits per heavy atom. The van der Waals surface area contributed by atoms with Crippen LogP contribution in [0.1, 0.15) is 31.2 Å². The van der Waals surface area contributed by atoms with Crippen LogP contribution in [0.5, 0.6) is 0 Å². The van der Waals surface area contributed by atoms with Crippen molar-refractivity contribution in [2.45, 2.75) is 32.1 Å². The van der Waals surface area contributed by atoms with Crippen LogP contribution in [-0.2, 0) is 16.0 Å². The molecule has 1 aromatic rings. The lowest BCUT2D eigenvalue weighted by Crippen LogP contribution is -2.35. The molecule has 0 aromatic heterocycles. The van der Waals surface area contributed by atoms with Crippen molar-refractivity contribution < 1.29 is 14.0 Å². The molecule has 0 spiro atoms. The molecule has 2 fully saturated rings. The third-order valence-corrected chi connectivity index (χ3v) is 4.95. The number of hydrogen-bond acceptors (Lipinski definition) is 3. The van der Waals surface area contributed by atoms with Gasteiger partial charge in [0.25, 0.3) is 0 Å². The second kappa shape index (κ2) is 7.21. The molecule has 1 unspecified atom stereocenters. The van der Waals surface area contributed by atoms with Crippen molar-refractivity contribution in [3.63, 3.8) is 0 Å². The minimum atomic E-state index is -0.291. The summed E-state index contributed by atoms with van der Waals surface area (Å²) >= 11 is 0. The predicted molar refractivity (Wildman–Crippen MR) is 85.1 cm³/mol. The number of carbonyl (C=O) groups excluding carboxylic acids is 2. The maximum absolute atomic E-state index is 12.9. The summed E-state index contributed by atoms with van der Waals surface area (Å²) in [5.74, 6) is -0.0931. The second-order valence-electron chi connectivity index (χ2n) is 6.60. The Morgan fingerprint density at radius 2 is 1.83 bits per heavy atom. The van der Waals surface area contributed by atoms with Crippen LogP contribution >= 0.6 is 0 Å². The summed E-state index contributed by atoms with van der Waals surface area (Å²) in [4.78, 5) is 26.1. The number of piperidine rings is 1. The lowest BCUT2D eigenvalue weighted by atomic mass is 9.94. The summed E-state index contributed by atoms with van der Waals surface area (Å²) in [6.45, 7) is 2.60. The maximum atomic E-state index is 12.9. The zero-order valence-corrected chi connectivity index (χ0v) is 13.3. The van der Waals surface area contributed by atoms with Gasteiger partial charge in [0.05, 0.1) is 5.92 Å². The maximum Gasteiger partial charge on any atom is 0.233 e. The van der Waals surface area contributed by atoms with Crippen molar-refractivity contribution in [3.05, 3.63) is 35.6 Å². The lowest BCUT2D eigenvalue weighted by molar-refractivity contribution is -0.139. The van der Waals surface area contributed by atoms with E-state index < -0.39 is 0 Å². The summed E-state index contributed by atoms with van der Waals surface area (Å²) in [6.07, 6.45) is 3.93. The molecule has 5 heteroatoms. The van der Waals surface area contributed by atoms with Gasteiger partial charge in [0, 0.05) is 13.0 Å². The van der Waals surface area contributed by atoms with E-state index in [1.807, 2.05) is 0 Å². The molecule has 3 rings (SSSR count). The van der Waals surface area contributed by atoms with Crippen LogP contribution < -0.4 is 5.32 Å². The molecule has 0 saturated carbocycles. The first-order valence-electron chi connectivity index (χ1n) is 8.43. The number of likely N-dealkylation sites (tertiary alicyclic amines) is 1. The van der Waals surface area contributed by atoms with Crippen LogP contribution in [0.4, 0.5) is 4.39 Å². The Labute approximate surface area is 136 Å². The zero-order valence-electron chi connectivity index (χ0n) is 13.3. The van der Waals surface area contributed by atoms with Gasteiger partial charge in [0.2, 0.25) is 11.8 Å². The Balaban J connectivity index is 1.55. The van der Waals surface area contributed by atoms with Gasteiger partial charge in [-0.2, -0.15) is 0 Å². The predicted octanol–water partition coefficient (Wildman–Crippen LogP) is 2.13. The van der Waals surface area contributed by atoms with E-state index in [0.29, 0.717) is 18.9 Å². The molecule has 2 heterocycles. The number of carbonyl (C=O) groups is 2. The summed E-state index contributed by atoms with van der Waals surface area (Å²) in [6, 6.07) is 6.16. The average Bonchev–Trinajstić information content (AvgIpc) is 2.82. The number of amides is 2. The van der Waals surface area contributed by atoms with Crippen molar-refractivity contribution in [2.24, 2.45) is 11.8 Å². The van der Waals surface area contributed by atoms with Gasteiger partial charge in [-0.15, -0.1) is 0 Å². The van der Waals surface area contributed by atoms with Crippen LogP contribution in [0.2, 0.25) is 0 Å². The highest BCUT2D eigenvalue weighted by molar-refractivity contribution is 6.03. The Morgan fingerprint density at radius 3 is 2.52 bits per heavy atom. The normalized spacial score (nSPS) is 22.8. The molecular formula is C18H23FN2O2. The number of rotatable bonds is 5. The zero-order chi connectivity index (χ0) is 16.2. The Hall–Kier alpha value is -1.75. The van der Waals surface area contributed by atoms with Gasteiger partial charge >= 0.3 is 0 Å². The molecule has 1 aromatic carbocycles. The third kappa shape index (κ3) is 3.96. The molecule has 0 bridgehead atoms. The summed E-state index contributed by atoms with van der Waals surface area (Å²) in [7, 11) is 0. The highest BCUT2D eigenvalue weighted by Crippen LogP contribution is 2.25. The van der Waals surface area contributed by atoms with Gasteiger partial charge in [-0.1, -0.05) is 12.1 Å². The molecule has 0 radical (unpaired) electrons. The van der Waals surface area contributed by atoms with E-state index in [2.05, 4.69) is 5.32 Å². The van der Waals surface area contributed by atoms with Crippen molar-refractivity contribution in [3.8, 4) is 0 Å². The quantitative estimate of drug-likeness (QED) is 0.846. The monoisotopic (exact) mass is 318 g/mol. The van der Waals surface area contributed by atoms with E-state index in [-0.39, 0.29) is 30.0 Å². The van der Waals surface area contributed by atoms with E-state index in [4.69, 9.17) is 0 Å². The standard InChI is InChI=1S/C18H23FN2O2/c19-16-3-1-14(2-4-16)11-15-12-17(22)21(18(15)23)10-7-13-5-8-20-9-6-13/h1-4,13,15,20H,5-12H2. The second-order valence-corrected chi connectivity index (χ2v) is 6.60. The smallest absolute Gasteiger partial charge is 0.233 e. The topological polar surface area (TPSA) is 49.4 Å². The highest BCUT2D eigenvalue weighted by atomic mass is 19.1. The number of benzene rings is 1. The number of nitrogens with one attached hydrogen (secondary N) is 1. The fourth-order valence-corrected chi connectivity index (χ4v) is 3.53.